The van der Waals surface area contributed by atoms with Gasteiger partial charge in [0.25, 0.3) is 0 Å². The number of hydrogen-bond donors (Lipinski definition) is 0. The van der Waals surface area contributed by atoms with E-state index in [1.165, 1.54) is 49.7 Å². The summed E-state index contributed by atoms with van der Waals surface area (Å²) in [6.07, 6.45) is 10.6. The van der Waals surface area contributed by atoms with E-state index in [4.69, 9.17) is 0 Å². The first-order valence-electron chi connectivity index (χ1n) is 8.04. The van der Waals surface area contributed by atoms with Gasteiger partial charge < -0.3 is 0 Å². The highest BCUT2D eigenvalue weighted by molar-refractivity contribution is 9.09. The lowest BCUT2D eigenvalue weighted by Gasteiger charge is -2.23. The van der Waals surface area contributed by atoms with E-state index in [2.05, 4.69) is 60.1 Å². The molecule has 1 aromatic carbocycles. The molecule has 20 heavy (non-hydrogen) atoms. The van der Waals surface area contributed by atoms with Crippen LogP contribution in [0.3, 0.4) is 0 Å². The molecule has 2 rings (SSSR count). The summed E-state index contributed by atoms with van der Waals surface area (Å²) in [5.74, 6) is 1.54. The van der Waals surface area contributed by atoms with Crippen molar-refractivity contribution in [2.45, 2.75) is 52.4 Å². The van der Waals surface area contributed by atoms with Crippen molar-refractivity contribution in [1.82, 2.24) is 0 Å². The number of hydrogen-bond acceptors (Lipinski definition) is 0. The molecule has 0 aromatic heterocycles. The Hall–Kier alpha value is -0.560. The highest BCUT2D eigenvalue weighted by atomic mass is 79.9. The van der Waals surface area contributed by atoms with Crippen LogP contribution in [0.5, 0.6) is 0 Å². The Bertz CT molecular complexity index is 422. The molecular formula is C19H27Br. The molecule has 1 heteroatoms. The number of alkyl halides is 1. The zero-order chi connectivity index (χ0) is 14.4. The second-order valence-electron chi connectivity index (χ2n) is 6.53. The number of rotatable bonds is 5. The van der Waals surface area contributed by atoms with E-state index in [0.717, 1.165) is 17.2 Å². The lowest BCUT2D eigenvalue weighted by Crippen LogP contribution is -2.10. The smallest absolute Gasteiger partial charge is 0.0247 e. The summed E-state index contributed by atoms with van der Waals surface area (Å²) in [4.78, 5) is 0. The van der Waals surface area contributed by atoms with Crippen molar-refractivity contribution in [1.29, 1.82) is 0 Å². The summed E-state index contributed by atoms with van der Waals surface area (Å²) >= 11 is 3.69. The van der Waals surface area contributed by atoms with Crippen LogP contribution in [0.25, 0.3) is 6.08 Å². The largest absolute Gasteiger partial charge is 0.0880 e. The number of allylic oxidation sites excluding steroid dienone is 1. The minimum atomic E-state index is 0.733. The minimum absolute atomic E-state index is 0.733. The van der Waals surface area contributed by atoms with Gasteiger partial charge in [-0.3, -0.25) is 0 Å². The molecule has 0 saturated heterocycles. The van der Waals surface area contributed by atoms with Crippen LogP contribution in [0.2, 0.25) is 0 Å². The highest BCUT2D eigenvalue weighted by Crippen LogP contribution is 2.31. The molecule has 1 aromatic rings. The van der Waals surface area contributed by atoms with E-state index in [1.54, 1.807) is 5.57 Å². The average molecular weight is 335 g/mol. The van der Waals surface area contributed by atoms with Crippen LogP contribution in [0.4, 0.5) is 0 Å². The third-order valence-corrected chi connectivity index (χ3v) is 4.91. The lowest BCUT2D eigenvalue weighted by atomic mass is 9.84. The van der Waals surface area contributed by atoms with Crippen molar-refractivity contribution in [3.63, 3.8) is 0 Å². The molecule has 0 radical (unpaired) electrons. The van der Waals surface area contributed by atoms with Gasteiger partial charge in [-0.15, -0.1) is 0 Å². The second-order valence-corrected chi connectivity index (χ2v) is 7.09. The third-order valence-electron chi connectivity index (χ3n) is 4.26. The van der Waals surface area contributed by atoms with Crippen LogP contribution < -0.4 is 0 Å². The Balaban J connectivity index is 2.06. The molecule has 0 amide bonds. The van der Waals surface area contributed by atoms with Crippen molar-refractivity contribution in [3.8, 4) is 0 Å². The van der Waals surface area contributed by atoms with Gasteiger partial charge in [-0.05, 0) is 42.2 Å². The molecule has 0 unspecified atom stereocenters. The lowest BCUT2D eigenvalue weighted by molar-refractivity contribution is 0.405. The van der Waals surface area contributed by atoms with E-state index < -0.39 is 0 Å². The Kier molecular flexibility index (Phi) is 6.35. The predicted molar refractivity (Wildman–Crippen MR) is 93.3 cm³/mol. The standard InChI is InChI=1S/C19H27Br/c1-15(2)12-16-8-10-17(11-9-16)13-19(14-20)18-6-4-3-5-7-18/h8-11,13,15,18H,3-7,12,14H2,1-2H3/b19-13-. The molecule has 110 valence electrons. The molecule has 0 spiro atoms. The predicted octanol–water partition coefficient (Wildman–Crippen LogP) is 6.24. The van der Waals surface area contributed by atoms with Gasteiger partial charge >= 0.3 is 0 Å². The number of halogens is 1. The van der Waals surface area contributed by atoms with Gasteiger partial charge in [0.15, 0.2) is 0 Å². The fourth-order valence-corrected chi connectivity index (χ4v) is 3.79. The van der Waals surface area contributed by atoms with Crippen LogP contribution in [-0.4, -0.2) is 5.33 Å². The van der Waals surface area contributed by atoms with Gasteiger partial charge in [0.1, 0.15) is 0 Å². The summed E-state index contributed by atoms with van der Waals surface area (Å²) < 4.78 is 0. The molecule has 0 heterocycles. The summed E-state index contributed by atoms with van der Waals surface area (Å²) in [5.41, 5.74) is 4.40. The van der Waals surface area contributed by atoms with E-state index in [0.29, 0.717) is 0 Å². The molecule has 1 fully saturated rings. The van der Waals surface area contributed by atoms with Crippen molar-refractivity contribution < 1.29 is 0 Å². The molecule has 1 aliphatic carbocycles. The van der Waals surface area contributed by atoms with Gasteiger partial charge in [0.2, 0.25) is 0 Å². The topological polar surface area (TPSA) is 0 Å². The fraction of sp³-hybridized carbons (Fsp3) is 0.579. The minimum Gasteiger partial charge on any atom is -0.0880 e. The zero-order valence-corrected chi connectivity index (χ0v) is 14.5. The average Bonchev–Trinajstić information content (AvgIpc) is 2.47. The van der Waals surface area contributed by atoms with E-state index in [9.17, 15) is 0 Å². The fourth-order valence-electron chi connectivity index (χ4n) is 3.17. The monoisotopic (exact) mass is 334 g/mol. The van der Waals surface area contributed by atoms with Crippen molar-refractivity contribution >= 4 is 22.0 Å². The van der Waals surface area contributed by atoms with Crippen molar-refractivity contribution in [2.75, 3.05) is 5.33 Å². The van der Waals surface area contributed by atoms with Crippen LogP contribution in [0.1, 0.15) is 57.1 Å². The van der Waals surface area contributed by atoms with E-state index in [1.807, 2.05) is 0 Å². The quantitative estimate of drug-likeness (QED) is 0.558. The zero-order valence-electron chi connectivity index (χ0n) is 12.9. The summed E-state index contributed by atoms with van der Waals surface area (Å²) in [7, 11) is 0. The maximum absolute atomic E-state index is 3.69. The molecule has 1 saturated carbocycles. The van der Waals surface area contributed by atoms with Crippen LogP contribution in [-0.2, 0) is 6.42 Å². The second kappa shape index (κ2) is 8.02. The summed E-state index contributed by atoms with van der Waals surface area (Å²) in [6.45, 7) is 4.56. The molecule has 0 bridgehead atoms. The third kappa shape index (κ3) is 4.77. The van der Waals surface area contributed by atoms with Gasteiger partial charge in [-0.25, -0.2) is 0 Å². The van der Waals surface area contributed by atoms with Crippen LogP contribution >= 0.6 is 15.9 Å². The first-order valence-corrected chi connectivity index (χ1v) is 9.16. The van der Waals surface area contributed by atoms with Gasteiger partial charge in [-0.1, -0.05) is 85.0 Å². The molecule has 0 N–H and O–H groups in total. The first-order chi connectivity index (χ1) is 9.69. The maximum atomic E-state index is 3.69. The van der Waals surface area contributed by atoms with E-state index >= 15 is 0 Å². The van der Waals surface area contributed by atoms with Crippen LogP contribution in [0, 0.1) is 11.8 Å². The van der Waals surface area contributed by atoms with Gasteiger partial charge in [-0.2, -0.15) is 0 Å². The highest BCUT2D eigenvalue weighted by Gasteiger charge is 2.16. The Labute approximate surface area is 132 Å². The normalized spacial score (nSPS) is 17.7. The summed E-state index contributed by atoms with van der Waals surface area (Å²) in [6, 6.07) is 9.14. The maximum Gasteiger partial charge on any atom is 0.0247 e. The van der Waals surface area contributed by atoms with Crippen molar-refractivity contribution in [2.24, 2.45) is 11.8 Å². The Morgan fingerprint density at radius 3 is 2.35 bits per heavy atom. The first kappa shape index (κ1) is 15.8. The van der Waals surface area contributed by atoms with Gasteiger partial charge in [0, 0.05) is 5.33 Å². The molecule has 1 aliphatic rings. The van der Waals surface area contributed by atoms with E-state index in [-0.39, 0.29) is 0 Å². The number of benzene rings is 1. The van der Waals surface area contributed by atoms with Crippen molar-refractivity contribution in [3.05, 3.63) is 41.0 Å². The Morgan fingerprint density at radius 1 is 1.15 bits per heavy atom. The molecule has 0 nitrogen and oxygen atoms in total. The summed E-state index contributed by atoms with van der Waals surface area (Å²) in [5, 5.41) is 1.02. The SMILES string of the molecule is CC(C)Cc1ccc(/C=C(/CBr)C2CCCCC2)cc1. The molecule has 0 atom stereocenters. The van der Waals surface area contributed by atoms with Crippen LogP contribution in [0.15, 0.2) is 29.8 Å². The molecule has 0 aliphatic heterocycles. The van der Waals surface area contributed by atoms with Gasteiger partial charge in [0.05, 0.1) is 0 Å². The Morgan fingerprint density at radius 2 is 1.80 bits per heavy atom. The molecular weight excluding hydrogens is 308 g/mol.